The minimum Gasteiger partial charge on any atom is -0.322 e. The fourth-order valence-electron chi connectivity index (χ4n) is 3.56. The first-order valence-electron chi connectivity index (χ1n) is 9.13. The second-order valence-electron chi connectivity index (χ2n) is 7.18. The van der Waals surface area contributed by atoms with Crippen LogP contribution < -0.4 is 9.80 Å². The Morgan fingerprint density at radius 3 is 2.33 bits per heavy atom. The molecule has 4 nitrogen and oxygen atoms in total. The van der Waals surface area contributed by atoms with Crippen LogP contribution in [0.5, 0.6) is 0 Å². The van der Waals surface area contributed by atoms with E-state index < -0.39 is 23.5 Å². The number of aromatic nitrogens is 1. The Balaban J connectivity index is 1.91. The summed E-state index contributed by atoms with van der Waals surface area (Å²) in [6.45, 7) is 3.56. The van der Waals surface area contributed by atoms with E-state index in [9.17, 15) is 22.4 Å². The van der Waals surface area contributed by atoms with E-state index in [1.165, 1.54) is 29.3 Å². The monoisotopic (exact) mass is 415 g/mol. The Bertz CT molecular complexity index is 1140. The summed E-state index contributed by atoms with van der Waals surface area (Å²) >= 11 is 0. The van der Waals surface area contributed by atoms with Gasteiger partial charge >= 0.3 is 6.18 Å². The summed E-state index contributed by atoms with van der Waals surface area (Å²) < 4.78 is 53.5. The molecular weight excluding hydrogens is 398 g/mol. The van der Waals surface area contributed by atoms with E-state index in [1.807, 2.05) is 6.92 Å². The lowest BCUT2D eigenvalue weighted by Crippen LogP contribution is -2.45. The van der Waals surface area contributed by atoms with Gasteiger partial charge in [0.15, 0.2) is 0 Å². The molecule has 0 atom stereocenters. The molecule has 0 unspecified atom stereocenters. The number of benzene rings is 2. The molecule has 0 N–H and O–H groups in total. The minimum absolute atomic E-state index is 0.0504. The van der Waals surface area contributed by atoms with Crippen LogP contribution in [0.15, 0.2) is 54.9 Å². The molecule has 2 heterocycles. The second-order valence-corrected chi connectivity index (χ2v) is 7.18. The van der Waals surface area contributed by atoms with Crippen molar-refractivity contribution in [1.82, 2.24) is 4.98 Å². The van der Waals surface area contributed by atoms with Crippen LogP contribution in [0.3, 0.4) is 0 Å². The molecule has 1 aromatic heterocycles. The molecule has 1 aliphatic heterocycles. The number of carbonyl (C=O) groups is 1. The van der Waals surface area contributed by atoms with Crippen LogP contribution in [-0.4, -0.2) is 17.6 Å². The van der Waals surface area contributed by atoms with E-state index in [1.54, 1.807) is 30.2 Å². The molecule has 2 aromatic carbocycles. The fourth-order valence-corrected chi connectivity index (χ4v) is 3.56. The third kappa shape index (κ3) is 3.49. The van der Waals surface area contributed by atoms with Gasteiger partial charge in [-0.3, -0.25) is 14.7 Å². The highest BCUT2D eigenvalue weighted by atomic mass is 19.4. The average molecular weight is 415 g/mol. The summed E-state index contributed by atoms with van der Waals surface area (Å²) in [6, 6.07) is 8.99. The number of rotatable bonds is 2. The van der Waals surface area contributed by atoms with Crippen molar-refractivity contribution in [2.24, 2.45) is 0 Å². The van der Waals surface area contributed by atoms with E-state index >= 15 is 0 Å². The van der Waals surface area contributed by atoms with E-state index in [2.05, 4.69) is 4.98 Å². The maximum Gasteiger partial charge on any atom is 0.416 e. The third-order valence-corrected chi connectivity index (χ3v) is 4.99. The molecule has 0 aliphatic carbocycles. The molecule has 1 aliphatic rings. The molecule has 3 aromatic rings. The van der Waals surface area contributed by atoms with Gasteiger partial charge in [-0.25, -0.2) is 4.39 Å². The lowest BCUT2D eigenvalue weighted by molar-refractivity contribution is -0.137. The molecule has 0 spiro atoms. The summed E-state index contributed by atoms with van der Waals surface area (Å²) in [6.07, 6.45) is -1.48. The van der Waals surface area contributed by atoms with Gasteiger partial charge in [0.25, 0.3) is 5.91 Å². The van der Waals surface area contributed by atoms with Crippen LogP contribution in [0.1, 0.15) is 27.0 Å². The molecule has 0 bridgehead atoms. The van der Waals surface area contributed by atoms with E-state index in [0.717, 1.165) is 17.7 Å². The quantitative estimate of drug-likeness (QED) is 0.511. The molecule has 0 fully saturated rings. The first kappa shape index (κ1) is 19.9. The Labute approximate surface area is 170 Å². The zero-order valence-corrected chi connectivity index (χ0v) is 16.2. The third-order valence-electron chi connectivity index (χ3n) is 4.99. The van der Waals surface area contributed by atoms with Crippen LogP contribution in [0.2, 0.25) is 0 Å². The average Bonchev–Trinajstić information content (AvgIpc) is 2.68. The van der Waals surface area contributed by atoms with Crippen molar-refractivity contribution in [3.63, 3.8) is 0 Å². The van der Waals surface area contributed by atoms with Crippen LogP contribution in [0.25, 0.3) is 0 Å². The first-order valence-corrected chi connectivity index (χ1v) is 9.13. The molecule has 4 rings (SSSR count). The zero-order valence-electron chi connectivity index (χ0n) is 16.2. The zero-order chi connectivity index (χ0) is 21.6. The second kappa shape index (κ2) is 7.12. The molecule has 0 saturated carbocycles. The number of halogens is 4. The highest BCUT2D eigenvalue weighted by Crippen LogP contribution is 2.40. The number of amides is 1. The predicted molar refractivity (Wildman–Crippen MR) is 105 cm³/mol. The largest absolute Gasteiger partial charge is 0.416 e. The molecule has 1 amide bonds. The fraction of sp³-hybridized carbons (Fsp3) is 0.182. The molecule has 30 heavy (non-hydrogen) atoms. The van der Waals surface area contributed by atoms with Crippen molar-refractivity contribution in [1.29, 1.82) is 0 Å². The predicted octanol–water partition coefficient (Wildman–Crippen LogP) is 5.61. The molecule has 154 valence electrons. The summed E-state index contributed by atoms with van der Waals surface area (Å²) in [5.41, 5.74) is 1.80. The number of hydrogen-bond acceptors (Lipinski definition) is 3. The summed E-state index contributed by atoms with van der Waals surface area (Å²) in [4.78, 5) is 20.3. The maximum absolute atomic E-state index is 13.6. The summed E-state index contributed by atoms with van der Waals surface area (Å²) in [7, 11) is 0. The number of hydrogen-bond donors (Lipinski definition) is 0. The smallest absolute Gasteiger partial charge is 0.322 e. The number of pyridine rings is 1. The number of aryl methyl sites for hydroxylation is 2. The van der Waals surface area contributed by atoms with Crippen molar-refractivity contribution in [3.8, 4) is 0 Å². The normalized spacial score (nSPS) is 14.1. The number of alkyl halides is 3. The maximum atomic E-state index is 13.6. The highest BCUT2D eigenvalue weighted by Gasteiger charge is 2.36. The van der Waals surface area contributed by atoms with Gasteiger partial charge in [-0.2, -0.15) is 13.2 Å². The van der Waals surface area contributed by atoms with Gasteiger partial charge in [0.2, 0.25) is 0 Å². The molecule has 8 heteroatoms. The van der Waals surface area contributed by atoms with Crippen molar-refractivity contribution < 1.29 is 22.4 Å². The molecule has 0 radical (unpaired) electrons. The van der Waals surface area contributed by atoms with Gasteiger partial charge in [0, 0.05) is 11.9 Å². The van der Waals surface area contributed by atoms with E-state index in [-0.39, 0.29) is 12.2 Å². The van der Waals surface area contributed by atoms with Gasteiger partial charge in [0.1, 0.15) is 12.5 Å². The van der Waals surface area contributed by atoms with Gasteiger partial charge in [0.05, 0.1) is 28.7 Å². The summed E-state index contributed by atoms with van der Waals surface area (Å²) in [5, 5.41) is 0. The number of carbonyl (C=O) groups excluding carboxylic acids is 1. The van der Waals surface area contributed by atoms with Crippen LogP contribution in [0, 0.1) is 19.7 Å². The van der Waals surface area contributed by atoms with Crippen molar-refractivity contribution in [2.45, 2.75) is 20.0 Å². The standard InChI is InChI=1S/C22H17F4N3O/c1-13-7-17(11-27-10-13)28-12-29(19-6-4-16(23)8-14(19)2)20-5-3-15(22(24,25)26)9-18(20)21(28)30/h3-11H,12H2,1-2H3. The van der Waals surface area contributed by atoms with Crippen LogP contribution in [0.4, 0.5) is 34.6 Å². The Morgan fingerprint density at radius 2 is 1.67 bits per heavy atom. The SMILES string of the molecule is Cc1cncc(N2CN(c3ccc(F)cc3C)c3ccc(C(F)(F)F)cc3C2=O)c1. The topological polar surface area (TPSA) is 36.4 Å². The number of anilines is 3. The van der Waals surface area contributed by atoms with Crippen LogP contribution >= 0.6 is 0 Å². The number of nitrogens with zero attached hydrogens (tertiary/aromatic N) is 3. The Kier molecular flexibility index (Phi) is 4.72. The summed E-state index contributed by atoms with van der Waals surface area (Å²) in [5.74, 6) is -0.976. The lowest BCUT2D eigenvalue weighted by Gasteiger charge is -2.39. The Morgan fingerprint density at radius 1 is 0.933 bits per heavy atom. The molecule has 0 saturated heterocycles. The minimum atomic E-state index is -4.58. The van der Waals surface area contributed by atoms with Crippen molar-refractivity contribution in [2.75, 3.05) is 16.5 Å². The van der Waals surface area contributed by atoms with Gasteiger partial charge < -0.3 is 4.90 Å². The Hall–Kier alpha value is -3.42. The van der Waals surface area contributed by atoms with Crippen LogP contribution in [-0.2, 0) is 6.18 Å². The van der Waals surface area contributed by atoms with Gasteiger partial charge in [-0.1, -0.05) is 0 Å². The van der Waals surface area contributed by atoms with Crippen molar-refractivity contribution in [3.05, 3.63) is 82.9 Å². The van der Waals surface area contributed by atoms with E-state index in [4.69, 9.17) is 0 Å². The molecular formula is C22H17F4N3O. The van der Waals surface area contributed by atoms with Gasteiger partial charge in [-0.15, -0.1) is 0 Å². The number of fused-ring (bicyclic) bond motifs is 1. The van der Waals surface area contributed by atoms with E-state index in [0.29, 0.717) is 22.6 Å². The lowest BCUT2D eigenvalue weighted by atomic mass is 10.0. The first-order chi connectivity index (χ1) is 14.1. The van der Waals surface area contributed by atoms with Crippen molar-refractivity contribution >= 4 is 23.0 Å². The highest BCUT2D eigenvalue weighted by molar-refractivity contribution is 6.12. The van der Waals surface area contributed by atoms with Gasteiger partial charge in [-0.05, 0) is 67.4 Å².